The molecule has 4 atom stereocenters. The lowest BCUT2D eigenvalue weighted by Gasteiger charge is -2.37. The number of nitriles is 1. The number of methoxy groups -OCH3 is 1. The van der Waals surface area contributed by atoms with Gasteiger partial charge in [0, 0.05) is 22.5 Å². The van der Waals surface area contributed by atoms with Crippen LogP contribution in [0.3, 0.4) is 0 Å². The second kappa shape index (κ2) is 24.2. The van der Waals surface area contributed by atoms with Gasteiger partial charge in [-0.3, -0.25) is 9.32 Å². The SMILES string of the molecule is COc1cc(C(=O)OCCOC(=O)OCCOCCOCCOCCOP(=O)(O)O)ccc1NC(=O)[C@@H]1N[C@@H](CC(C)(C)C)[C@](C#N)(c2ccc(Cl)cc2F)[C@H]1c1cccc(Cl)c1F. The predicted molar refractivity (Wildman–Crippen MR) is 227 cm³/mol. The minimum absolute atomic E-state index is 0.0162. The van der Waals surface area contributed by atoms with Gasteiger partial charge in [-0.25, -0.2) is 22.9 Å². The Morgan fingerprint density at radius 2 is 1.48 bits per heavy atom. The smallest absolute Gasteiger partial charge is 0.495 e. The molecule has 1 aliphatic heterocycles. The maximum absolute atomic E-state index is 16.1. The number of halogens is 4. The molecule has 1 heterocycles. The van der Waals surface area contributed by atoms with Gasteiger partial charge in [0.15, 0.2) is 0 Å². The summed E-state index contributed by atoms with van der Waals surface area (Å²) >= 11 is 12.4. The lowest BCUT2D eigenvalue weighted by molar-refractivity contribution is -0.118. The Morgan fingerprint density at radius 1 is 0.875 bits per heavy atom. The number of carbonyl (C=O) groups is 3. The Morgan fingerprint density at radius 3 is 2.08 bits per heavy atom. The van der Waals surface area contributed by atoms with Crippen molar-refractivity contribution in [1.29, 1.82) is 5.26 Å². The first-order valence-corrected chi connectivity index (χ1v) is 22.1. The largest absolute Gasteiger partial charge is 0.508 e. The summed E-state index contributed by atoms with van der Waals surface area (Å²) in [6.45, 7) is 5.51. The molecule has 4 N–H and O–H groups in total. The molecule has 1 saturated heterocycles. The van der Waals surface area contributed by atoms with Crippen LogP contribution in [0.4, 0.5) is 19.3 Å². The lowest BCUT2D eigenvalue weighted by Crippen LogP contribution is -2.45. The van der Waals surface area contributed by atoms with Crippen molar-refractivity contribution in [3.63, 3.8) is 0 Å². The van der Waals surface area contributed by atoms with Crippen molar-refractivity contribution in [2.24, 2.45) is 5.41 Å². The van der Waals surface area contributed by atoms with E-state index in [1.54, 1.807) is 0 Å². The van der Waals surface area contributed by atoms with Crippen LogP contribution in [-0.2, 0) is 47.7 Å². The number of rotatable bonds is 23. The third-order valence-corrected chi connectivity index (χ3v) is 10.7. The van der Waals surface area contributed by atoms with Crippen molar-refractivity contribution >= 4 is 54.7 Å². The molecule has 1 aliphatic rings. The van der Waals surface area contributed by atoms with E-state index >= 15 is 8.78 Å². The fraction of sp³-hybridized carbons (Fsp3) is 0.476. The molecule has 4 rings (SSSR count). The van der Waals surface area contributed by atoms with Crippen LogP contribution in [0.5, 0.6) is 5.75 Å². The number of carbonyl (C=O) groups excluding carboxylic acids is 3. The molecule has 0 saturated carbocycles. The van der Waals surface area contributed by atoms with Gasteiger partial charge in [0.25, 0.3) is 0 Å². The number of hydrogen-bond acceptors (Lipinski definition) is 14. The summed E-state index contributed by atoms with van der Waals surface area (Å²) < 4.78 is 83.0. The number of ether oxygens (including phenoxy) is 7. The number of nitrogens with zero attached hydrogens (tertiary/aromatic N) is 1. The summed E-state index contributed by atoms with van der Waals surface area (Å²) in [6.07, 6.45) is -0.763. The summed E-state index contributed by atoms with van der Waals surface area (Å²) in [5.74, 6) is -4.50. The molecular formula is C42H50Cl2F2N3O14P. The molecule has 0 aliphatic carbocycles. The van der Waals surface area contributed by atoms with Crippen molar-refractivity contribution < 1.29 is 75.2 Å². The molecule has 350 valence electrons. The second-order valence-corrected chi connectivity index (χ2v) is 17.4. The molecule has 0 unspecified atom stereocenters. The second-order valence-electron chi connectivity index (χ2n) is 15.3. The number of amides is 1. The molecule has 0 bridgehead atoms. The highest BCUT2D eigenvalue weighted by Crippen LogP contribution is 2.53. The zero-order valence-electron chi connectivity index (χ0n) is 35.4. The lowest BCUT2D eigenvalue weighted by atomic mass is 9.62. The van der Waals surface area contributed by atoms with Gasteiger partial charge >= 0.3 is 19.9 Å². The highest BCUT2D eigenvalue weighted by atomic mass is 35.5. The Bertz CT molecular complexity index is 2170. The van der Waals surface area contributed by atoms with Crippen molar-refractivity contribution in [3.8, 4) is 11.8 Å². The van der Waals surface area contributed by atoms with Crippen LogP contribution in [0.2, 0.25) is 10.0 Å². The van der Waals surface area contributed by atoms with Crippen LogP contribution in [-0.4, -0.2) is 113 Å². The Kier molecular flexibility index (Phi) is 19.7. The number of hydrogen-bond donors (Lipinski definition) is 4. The first-order chi connectivity index (χ1) is 30.3. The summed E-state index contributed by atoms with van der Waals surface area (Å²) in [4.78, 5) is 56.4. The van der Waals surface area contributed by atoms with Crippen molar-refractivity contribution in [3.05, 3.63) is 93.0 Å². The van der Waals surface area contributed by atoms with E-state index in [0.717, 1.165) is 6.07 Å². The normalized spacial score (nSPS) is 18.5. The molecule has 1 amide bonds. The molecular weight excluding hydrogens is 910 g/mol. The highest BCUT2D eigenvalue weighted by molar-refractivity contribution is 7.46. The highest BCUT2D eigenvalue weighted by Gasteiger charge is 2.61. The van der Waals surface area contributed by atoms with Crippen LogP contribution in [0.25, 0.3) is 0 Å². The first kappa shape index (κ1) is 52.2. The number of nitrogens with one attached hydrogen (secondary N) is 2. The molecule has 3 aromatic rings. The van der Waals surface area contributed by atoms with Gasteiger partial charge in [-0.2, -0.15) is 5.26 Å². The van der Waals surface area contributed by atoms with Crippen molar-refractivity contribution in [2.45, 2.75) is 50.6 Å². The average Bonchev–Trinajstić information content (AvgIpc) is 3.54. The number of esters is 1. The molecule has 0 aromatic heterocycles. The van der Waals surface area contributed by atoms with Gasteiger partial charge in [-0.15, -0.1) is 0 Å². The summed E-state index contributed by atoms with van der Waals surface area (Å²) in [5.41, 5.74) is -2.35. The zero-order valence-corrected chi connectivity index (χ0v) is 37.8. The molecule has 17 nitrogen and oxygen atoms in total. The summed E-state index contributed by atoms with van der Waals surface area (Å²) in [6, 6.07) is 12.2. The minimum Gasteiger partial charge on any atom is -0.495 e. The molecule has 22 heteroatoms. The fourth-order valence-corrected chi connectivity index (χ4v) is 7.67. The maximum atomic E-state index is 16.1. The van der Waals surface area contributed by atoms with E-state index < -0.39 is 66.3 Å². The molecule has 64 heavy (non-hydrogen) atoms. The van der Waals surface area contributed by atoms with E-state index in [-0.39, 0.29) is 111 Å². The third kappa shape index (κ3) is 14.8. The first-order valence-electron chi connectivity index (χ1n) is 19.8. The van der Waals surface area contributed by atoms with Crippen molar-refractivity contribution in [1.82, 2.24) is 5.32 Å². The Hall–Kier alpha value is -4.45. The molecule has 3 aromatic carbocycles. The van der Waals surface area contributed by atoms with Crippen LogP contribution >= 0.6 is 31.0 Å². The van der Waals surface area contributed by atoms with Gasteiger partial charge in [0.2, 0.25) is 5.91 Å². The van der Waals surface area contributed by atoms with Crippen LogP contribution in [0, 0.1) is 28.4 Å². The number of phosphoric acid groups is 1. The van der Waals surface area contributed by atoms with Crippen LogP contribution in [0.15, 0.2) is 54.6 Å². The van der Waals surface area contributed by atoms with Gasteiger partial charge in [0.05, 0.1) is 81.7 Å². The van der Waals surface area contributed by atoms with Gasteiger partial charge in [-0.1, -0.05) is 62.2 Å². The van der Waals surface area contributed by atoms with E-state index in [0.29, 0.717) is 0 Å². The average molecular weight is 961 g/mol. The van der Waals surface area contributed by atoms with Crippen molar-refractivity contribution in [2.75, 3.05) is 78.5 Å². The fourth-order valence-electron chi connectivity index (χ4n) is 7.01. The Balaban J connectivity index is 1.33. The summed E-state index contributed by atoms with van der Waals surface area (Å²) in [7, 11) is -3.22. The number of phosphoric ester groups is 1. The third-order valence-electron chi connectivity index (χ3n) is 9.64. The predicted octanol–water partition coefficient (Wildman–Crippen LogP) is 6.71. The maximum Gasteiger partial charge on any atom is 0.508 e. The minimum atomic E-state index is -4.53. The topological polar surface area (TPSA) is 230 Å². The van der Waals surface area contributed by atoms with Gasteiger partial charge < -0.3 is 53.6 Å². The van der Waals surface area contributed by atoms with E-state index in [1.807, 2.05) is 20.8 Å². The van der Waals surface area contributed by atoms with Crippen LogP contribution < -0.4 is 15.4 Å². The summed E-state index contributed by atoms with van der Waals surface area (Å²) in [5, 5.41) is 16.9. The molecule has 0 radical (unpaired) electrons. The zero-order chi connectivity index (χ0) is 47.1. The number of anilines is 1. The van der Waals surface area contributed by atoms with E-state index in [4.69, 9.17) is 66.1 Å². The van der Waals surface area contributed by atoms with Gasteiger partial charge in [0.1, 0.15) is 42.6 Å². The van der Waals surface area contributed by atoms with Crippen LogP contribution in [0.1, 0.15) is 54.6 Å². The standard InChI is InChI=1S/C42H50Cl2F2N3O14P/c1-41(2,3)24-34-42(25-47,29-10-9-27(43)23-31(29)45)35(28-6-5-7-30(44)36(28)46)37(49-34)38(50)48-32-11-8-26(22-33(32)56-4)39(51)60-19-20-62-40(52)61-18-16-58-14-12-57-13-15-59-17-21-63-64(53,54)55/h5-11,22-23,34-35,37,49H,12-21,24H2,1-4H3,(H,48,50)(H2,53,54,55)/t34-,35-,37+,42-/m0/s1. The Labute approximate surface area is 378 Å². The quantitative estimate of drug-likeness (QED) is 0.0440. The monoisotopic (exact) mass is 959 g/mol. The molecule has 1 fully saturated rings. The van der Waals surface area contributed by atoms with E-state index in [9.17, 15) is 24.2 Å². The van der Waals surface area contributed by atoms with E-state index in [2.05, 4.69) is 21.2 Å². The van der Waals surface area contributed by atoms with E-state index in [1.165, 1.54) is 55.6 Å². The van der Waals surface area contributed by atoms with Gasteiger partial charge in [-0.05, 0) is 53.8 Å². The molecule has 0 spiro atoms. The number of benzene rings is 3.